The molecule has 0 aliphatic rings. The van der Waals surface area contributed by atoms with Gasteiger partial charge in [0, 0.05) is 18.0 Å². The van der Waals surface area contributed by atoms with Crippen molar-refractivity contribution in [2.45, 2.75) is 84.5 Å². The molecule has 4 heteroatoms. The smallest absolute Gasteiger partial charge is 0.307 e. The van der Waals surface area contributed by atoms with Crippen LogP contribution in [0.25, 0.3) is 11.4 Å². The van der Waals surface area contributed by atoms with Gasteiger partial charge in [-0.05, 0) is 29.9 Å². The fraction of sp³-hybridized carbons (Fsp3) is 0.560. The van der Waals surface area contributed by atoms with Gasteiger partial charge in [0.15, 0.2) is 5.82 Å². The highest BCUT2D eigenvalue weighted by Gasteiger charge is 2.25. The maximum absolute atomic E-state index is 11.8. The van der Waals surface area contributed by atoms with Crippen LogP contribution in [-0.2, 0) is 11.2 Å². The molecule has 158 valence electrons. The summed E-state index contributed by atoms with van der Waals surface area (Å²) in [5, 5.41) is 9.73. The molecule has 0 aliphatic carbocycles. The Morgan fingerprint density at radius 1 is 0.931 bits per heavy atom. The molecule has 0 saturated heterocycles. The van der Waals surface area contributed by atoms with Crippen molar-refractivity contribution in [2.75, 3.05) is 0 Å². The van der Waals surface area contributed by atoms with Gasteiger partial charge >= 0.3 is 5.97 Å². The Morgan fingerprint density at radius 2 is 1.55 bits per heavy atom. The zero-order valence-electron chi connectivity index (χ0n) is 18.2. The number of nitrogens with zero attached hydrogens (tertiary/aromatic N) is 2. The molecule has 2 atom stereocenters. The molecule has 2 aromatic rings. The standard InChI is InChI=1S/C25H36N2O2/c1-4-6-7-8-9-10-12-23(25(28)29)19(3)21-13-15-22(16-14-21)24-26-17-20(11-5-2)18-27-24/h13-19,23H,4-12H2,1-3H3,(H,28,29). The number of benzene rings is 1. The molecule has 0 aliphatic heterocycles. The minimum Gasteiger partial charge on any atom is -0.481 e. The molecule has 0 spiro atoms. The van der Waals surface area contributed by atoms with Gasteiger partial charge in [0.1, 0.15) is 0 Å². The second kappa shape index (κ2) is 12.4. The van der Waals surface area contributed by atoms with Crippen molar-refractivity contribution < 1.29 is 9.90 Å². The number of aliphatic carboxylic acids is 1. The highest BCUT2D eigenvalue weighted by molar-refractivity contribution is 5.71. The van der Waals surface area contributed by atoms with Gasteiger partial charge in [-0.25, -0.2) is 9.97 Å². The average molecular weight is 397 g/mol. The van der Waals surface area contributed by atoms with Crippen LogP contribution in [0.5, 0.6) is 0 Å². The SMILES string of the molecule is CCCCCCCCC(C(=O)O)C(C)c1ccc(-c2ncc(CCC)cn2)cc1. The zero-order chi connectivity index (χ0) is 21.1. The largest absolute Gasteiger partial charge is 0.481 e. The number of rotatable bonds is 13. The predicted molar refractivity (Wildman–Crippen MR) is 119 cm³/mol. The van der Waals surface area contributed by atoms with Gasteiger partial charge in [0.25, 0.3) is 0 Å². The summed E-state index contributed by atoms with van der Waals surface area (Å²) in [5.41, 5.74) is 3.18. The van der Waals surface area contributed by atoms with Crippen LogP contribution in [0.3, 0.4) is 0 Å². The molecule has 0 amide bonds. The van der Waals surface area contributed by atoms with E-state index in [9.17, 15) is 9.90 Å². The lowest BCUT2D eigenvalue weighted by Gasteiger charge is -2.21. The molecule has 1 aromatic heterocycles. The Kier molecular flexibility index (Phi) is 9.82. The molecule has 29 heavy (non-hydrogen) atoms. The molecule has 0 bridgehead atoms. The highest BCUT2D eigenvalue weighted by atomic mass is 16.4. The van der Waals surface area contributed by atoms with Gasteiger partial charge < -0.3 is 5.11 Å². The number of carboxylic acid groups (broad SMARTS) is 1. The summed E-state index contributed by atoms with van der Waals surface area (Å²) < 4.78 is 0. The maximum Gasteiger partial charge on any atom is 0.307 e. The Balaban J connectivity index is 1.97. The molecule has 2 rings (SSSR count). The second-order valence-electron chi connectivity index (χ2n) is 8.08. The van der Waals surface area contributed by atoms with E-state index >= 15 is 0 Å². The maximum atomic E-state index is 11.8. The summed E-state index contributed by atoms with van der Waals surface area (Å²) in [6.07, 6.45) is 13.7. The van der Waals surface area contributed by atoms with Gasteiger partial charge in [0.2, 0.25) is 0 Å². The van der Waals surface area contributed by atoms with E-state index in [1.807, 2.05) is 43.6 Å². The summed E-state index contributed by atoms with van der Waals surface area (Å²) in [5.74, 6) is -0.322. The first-order valence-corrected chi connectivity index (χ1v) is 11.2. The van der Waals surface area contributed by atoms with Crippen LogP contribution in [0, 0.1) is 5.92 Å². The summed E-state index contributed by atoms with van der Waals surface area (Å²) in [4.78, 5) is 20.8. The molecular weight excluding hydrogens is 360 g/mol. The molecule has 1 N–H and O–H groups in total. The van der Waals surface area contributed by atoms with E-state index in [-0.39, 0.29) is 11.8 Å². The number of carboxylic acids is 1. The summed E-state index contributed by atoms with van der Waals surface area (Å²) in [6.45, 7) is 6.38. The zero-order valence-corrected chi connectivity index (χ0v) is 18.2. The van der Waals surface area contributed by atoms with Gasteiger partial charge in [-0.2, -0.15) is 0 Å². The molecule has 0 saturated carbocycles. The third-order valence-electron chi connectivity index (χ3n) is 5.73. The number of aryl methyl sites for hydroxylation is 1. The normalized spacial score (nSPS) is 13.2. The van der Waals surface area contributed by atoms with Gasteiger partial charge in [-0.3, -0.25) is 4.79 Å². The molecular formula is C25H36N2O2. The van der Waals surface area contributed by atoms with Crippen molar-refractivity contribution in [1.29, 1.82) is 0 Å². The van der Waals surface area contributed by atoms with Crippen molar-refractivity contribution in [2.24, 2.45) is 5.92 Å². The van der Waals surface area contributed by atoms with Crippen LogP contribution < -0.4 is 0 Å². The fourth-order valence-electron chi connectivity index (χ4n) is 3.82. The van der Waals surface area contributed by atoms with Crippen LogP contribution in [-0.4, -0.2) is 21.0 Å². The van der Waals surface area contributed by atoms with Crippen LogP contribution in [0.4, 0.5) is 0 Å². The quantitative estimate of drug-likeness (QED) is 0.385. The first kappa shape index (κ1) is 23.1. The lowest BCUT2D eigenvalue weighted by atomic mass is 9.83. The van der Waals surface area contributed by atoms with Crippen molar-refractivity contribution in [1.82, 2.24) is 9.97 Å². The van der Waals surface area contributed by atoms with Crippen molar-refractivity contribution in [3.63, 3.8) is 0 Å². The van der Waals surface area contributed by atoms with Gasteiger partial charge in [-0.15, -0.1) is 0 Å². The minimum atomic E-state index is -0.690. The predicted octanol–water partition coefficient (Wildman–Crippen LogP) is 6.65. The fourth-order valence-corrected chi connectivity index (χ4v) is 3.82. The number of hydrogen-bond acceptors (Lipinski definition) is 3. The third kappa shape index (κ3) is 7.26. The van der Waals surface area contributed by atoms with Crippen molar-refractivity contribution in [3.8, 4) is 11.4 Å². The Labute approximate surface area is 175 Å². The van der Waals surface area contributed by atoms with E-state index < -0.39 is 5.97 Å². The second-order valence-corrected chi connectivity index (χ2v) is 8.08. The Hall–Kier alpha value is -2.23. The first-order valence-electron chi connectivity index (χ1n) is 11.2. The number of unbranched alkanes of at least 4 members (excludes halogenated alkanes) is 5. The monoisotopic (exact) mass is 396 g/mol. The van der Waals surface area contributed by atoms with Crippen LogP contribution in [0.2, 0.25) is 0 Å². The topological polar surface area (TPSA) is 63.1 Å². The Bertz CT molecular complexity index is 725. The molecule has 2 unspecified atom stereocenters. The van der Waals surface area contributed by atoms with E-state index in [4.69, 9.17) is 0 Å². The molecule has 0 radical (unpaired) electrons. The van der Waals surface area contributed by atoms with Crippen molar-refractivity contribution in [3.05, 3.63) is 47.8 Å². The summed E-state index contributed by atoms with van der Waals surface area (Å²) in [7, 11) is 0. The van der Waals surface area contributed by atoms with Crippen LogP contribution >= 0.6 is 0 Å². The molecule has 1 aromatic carbocycles. The van der Waals surface area contributed by atoms with E-state index in [1.54, 1.807) is 0 Å². The van der Waals surface area contributed by atoms with Gasteiger partial charge in [-0.1, -0.05) is 90.0 Å². The molecule has 0 fully saturated rings. The Morgan fingerprint density at radius 3 is 2.14 bits per heavy atom. The molecule has 1 heterocycles. The van der Waals surface area contributed by atoms with E-state index in [1.165, 1.54) is 25.7 Å². The van der Waals surface area contributed by atoms with Gasteiger partial charge in [0.05, 0.1) is 5.92 Å². The van der Waals surface area contributed by atoms with Crippen molar-refractivity contribution >= 4 is 5.97 Å². The summed E-state index contributed by atoms with van der Waals surface area (Å²) >= 11 is 0. The van der Waals surface area contributed by atoms with E-state index in [0.717, 1.165) is 48.8 Å². The number of carbonyl (C=O) groups is 1. The first-order chi connectivity index (χ1) is 14.1. The lowest BCUT2D eigenvalue weighted by molar-refractivity contribution is -0.142. The highest BCUT2D eigenvalue weighted by Crippen LogP contribution is 2.30. The van der Waals surface area contributed by atoms with E-state index in [0.29, 0.717) is 5.82 Å². The lowest BCUT2D eigenvalue weighted by Crippen LogP contribution is -2.20. The minimum absolute atomic E-state index is 0.00922. The number of hydrogen-bond donors (Lipinski definition) is 1. The third-order valence-corrected chi connectivity index (χ3v) is 5.73. The van der Waals surface area contributed by atoms with Crippen LogP contribution in [0.15, 0.2) is 36.7 Å². The summed E-state index contributed by atoms with van der Waals surface area (Å²) in [6, 6.07) is 8.07. The molecule has 4 nitrogen and oxygen atoms in total. The average Bonchev–Trinajstić information content (AvgIpc) is 2.73. The number of aromatic nitrogens is 2. The van der Waals surface area contributed by atoms with E-state index in [2.05, 4.69) is 23.8 Å². The van der Waals surface area contributed by atoms with Crippen LogP contribution in [0.1, 0.15) is 89.2 Å².